The molecule has 1 N–H and O–H groups in total. The molecule has 2 aromatic rings. The molecule has 1 aliphatic carbocycles. The van der Waals surface area contributed by atoms with Gasteiger partial charge in [-0.3, -0.25) is 4.98 Å². The molecule has 1 aliphatic rings. The van der Waals surface area contributed by atoms with Gasteiger partial charge >= 0.3 is 0 Å². The van der Waals surface area contributed by atoms with E-state index in [1.807, 2.05) is 25.1 Å². The van der Waals surface area contributed by atoms with Crippen molar-refractivity contribution in [3.05, 3.63) is 48.0 Å². The van der Waals surface area contributed by atoms with E-state index in [4.69, 9.17) is 4.74 Å². The number of pyridine rings is 1. The predicted molar refractivity (Wildman–Crippen MR) is 80.7 cm³/mol. The lowest BCUT2D eigenvalue weighted by Crippen LogP contribution is -2.15. The van der Waals surface area contributed by atoms with Gasteiger partial charge in [-0.2, -0.15) is 0 Å². The van der Waals surface area contributed by atoms with Crippen LogP contribution in [-0.2, 0) is 6.54 Å². The lowest BCUT2D eigenvalue weighted by molar-refractivity contribution is 0.339. The number of benzene rings is 1. The summed E-state index contributed by atoms with van der Waals surface area (Å²) in [6.07, 6.45) is 5.80. The minimum absolute atomic E-state index is 0.236. The maximum Gasteiger partial charge on any atom is 0.138 e. The monoisotopic (exact) mass is 286 g/mol. The fourth-order valence-corrected chi connectivity index (χ4v) is 2.26. The average molecular weight is 286 g/mol. The smallest absolute Gasteiger partial charge is 0.138 e. The zero-order valence-electron chi connectivity index (χ0n) is 12.1. The van der Waals surface area contributed by atoms with Crippen LogP contribution in [0.2, 0.25) is 0 Å². The zero-order chi connectivity index (χ0) is 14.7. The van der Waals surface area contributed by atoms with E-state index in [0.717, 1.165) is 17.7 Å². The van der Waals surface area contributed by atoms with E-state index in [-0.39, 0.29) is 5.82 Å². The third kappa shape index (κ3) is 3.58. The molecule has 4 heteroatoms. The van der Waals surface area contributed by atoms with Crippen LogP contribution in [0.5, 0.6) is 5.75 Å². The minimum atomic E-state index is -0.236. The Labute approximate surface area is 124 Å². The maximum absolute atomic E-state index is 14.1. The molecule has 0 amide bonds. The standard InChI is InChI=1S/C17H19FN2O/c1-2-21-15-8-13(10-19-11-15)16-7-12(3-6-17(16)18)9-20-14-4-5-14/h3,6-8,10-11,14,20H,2,4-5,9H2,1H3. The molecule has 0 radical (unpaired) electrons. The summed E-state index contributed by atoms with van der Waals surface area (Å²) in [7, 11) is 0. The van der Waals surface area contributed by atoms with Crippen LogP contribution in [0.1, 0.15) is 25.3 Å². The highest BCUT2D eigenvalue weighted by molar-refractivity contribution is 5.65. The molecule has 0 atom stereocenters. The Balaban J connectivity index is 1.85. The molecule has 21 heavy (non-hydrogen) atoms. The number of hydrogen-bond acceptors (Lipinski definition) is 3. The third-order valence-corrected chi connectivity index (χ3v) is 3.54. The Hall–Kier alpha value is -1.94. The highest BCUT2D eigenvalue weighted by Gasteiger charge is 2.20. The van der Waals surface area contributed by atoms with Crippen molar-refractivity contribution in [2.75, 3.05) is 6.61 Å². The summed E-state index contributed by atoms with van der Waals surface area (Å²) in [6, 6.07) is 7.70. The molecule has 0 spiro atoms. The number of halogens is 1. The Morgan fingerprint density at radius 3 is 2.90 bits per heavy atom. The molecule has 1 heterocycles. The first-order valence-corrected chi connectivity index (χ1v) is 7.36. The number of nitrogens with one attached hydrogen (secondary N) is 1. The highest BCUT2D eigenvalue weighted by Crippen LogP contribution is 2.27. The van der Waals surface area contributed by atoms with Gasteiger partial charge in [0, 0.05) is 29.9 Å². The van der Waals surface area contributed by atoms with Crippen molar-refractivity contribution >= 4 is 0 Å². The average Bonchev–Trinajstić information content (AvgIpc) is 3.31. The predicted octanol–water partition coefficient (Wildman–Crippen LogP) is 3.54. The first-order chi connectivity index (χ1) is 10.3. The van der Waals surface area contributed by atoms with E-state index in [0.29, 0.717) is 24.0 Å². The van der Waals surface area contributed by atoms with Gasteiger partial charge in [0.05, 0.1) is 12.8 Å². The number of nitrogens with zero attached hydrogens (tertiary/aromatic N) is 1. The lowest BCUT2D eigenvalue weighted by Gasteiger charge is -2.09. The quantitative estimate of drug-likeness (QED) is 0.882. The van der Waals surface area contributed by atoms with Crippen molar-refractivity contribution in [1.82, 2.24) is 10.3 Å². The van der Waals surface area contributed by atoms with E-state index in [2.05, 4.69) is 10.3 Å². The molecule has 110 valence electrons. The van der Waals surface area contributed by atoms with E-state index in [1.165, 1.54) is 18.9 Å². The summed E-state index contributed by atoms with van der Waals surface area (Å²) in [5.74, 6) is 0.427. The molecule has 1 aromatic heterocycles. The van der Waals surface area contributed by atoms with E-state index in [1.54, 1.807) is 12.4 Å². The first kappa shape index (κ1) is 14.0. The maximum atomic E-state index is 14.1. The van der Waals surface area contributed by atoms with E-state index in [9.17, 15) is 4.39 Å². The van der Waals surface area contributed by atoms with Gasteiger partial charge in [-0.15, -0.1) is 0 Å². The fourth-order valence-electron chi connectivity index (χ4n) is 2.26. The van der Waals surface area contributed by atoms with Gasteiger partial charge in [-0.25, -0.2) is 4.39 Å². The van der Waals surface area contributed by atoms with E-state index >= 15 is 0 Å². The Bertz CT molecular complexity index is 626. The largest absolute Gasteiger partial charge is 0.492 e. The van der Waals surface area contributed by atoms with Gasteiger partial charge in [-0.05, 0) is 43.5 Å². The summed E-state index contributed by atoms with van der Waals surface area (Å²) in [6.45, 7) is 3.26. The normalized spacial score (nSPS) is 14.2. The summed E-state index contributed by atoms with van der Waals surface area (Å²) < 4.78 is 19.5. The van der Waals surface area contributed by atoms with Crippen LogP contribution < -0.4 is 10.1 Å². The summed E-state index contributed by atoms with van der Waals surface area (Å²) in [5.41, 5.74) is 2.39. The number of ether oxygens (including phenoxy) is 1. The van der Waals surface area contributed by atoms with Crippen molar-refractivity contribution in [2.45, 2.75) is 32.4 Å². The second-order valence-electron chi connectivity index (χ2n) is 5.31. The van der Waals surface area contributed by atoms with Crippen molar-refractivity contribution in [2.24, 2.45) is 0 Å². The first-order valence-electron chi connectivity index (χ1n) is 7.36. The van der Waals surface area contributed by atoms with Crippen LogP contribution in [0, 0.1) is 5.82 Å². The lowest BCUT2D eigenvalue weighted by atomic mass is 10.0. The molecule has 1 aromatic carbocycles. The minimum Gasteiger partial charge on any atom is -0.492 e. The van der Waals surface area contributed by atoms with Crippen LogP contribution in [0.15, 0.2) is 36.7 Å². The molecule has 0 bridgehead atoms. The number of aromatic nitrogens is 1. The number of hydrogen-bond donors (Lipinski definition) is 1. The SMILES string of the molecule is CCOc1cncc(-c2cc(CNC3CC3)ccc2F)c1. The van der Waals surface area contributed by atoms with E-state index < -0.39 is 0 Å². The highest BCUT2D eigenvalue weighted by atomic mass is 19.1. The molecular weight excluding hydrogens is 267 g/mol. The summed E-state index contributed by atoms with van der Waals surface area (Å²) in [5, 5.41) is 3.44. The third-order valence-electron chi connectivity index (χ3n) is 3.54. The van der Waals surface area contributed by atoms with Crippen molar-refractivity contribution in [1.29, 1.82) is 0 Å². The Kier molecular flexibility index (Phi) is 4.15. The van der Waals surface area contributed by atoms with Crippen LogP contribution in [0.4, 0.5) is 4.39 Å². The van der Waals surface area contributed by atoms with Gasteiger partial charge < -0.3 is 10.1 Å². The second-order valence-corrected chi connectivity index (χ2v) is 5.31. The van der Waals surface area contributed by atoms with Crippen LogP contribution in [0.25, 0.3) is 11.1 Å². The van der Waals surface area contributed by atoms with Gasteiger partial charge in [0.25, 0.3) is 0 Å². The molecule has 3 nitrogen and oxygen atoms in total. The van der Waals surface area contributed by atoms with Gasteiger partial charge in [0.15, 0.2) is 0 Å². The molecular formula is C17H19FN2O. The number of rotatable bonds is 6. The van der Waals surface area contributed by atoms with Gasteiger partial charge in [0.2, 0.25) is 0 Å². The summed E-state index contributed by atoms with van der Waals surface area (Å²) in [4.78, 5) is 4.13. The van der Waals surface area contributed by atoms with Crippen molar-refractivity contribution in [3.8, 4) is 16.9 Å². The molecule has 0 saturated heterocycles. The molecule has 1 saturated carbocycles. The molecule has 1 fully saturated rings. The molecule has 0 aliphatic heterocycles. The fraction of sp³-hybridized carbons (Fsp3) is 0.353. The zero-order valence-corrected chi connectivity index (χ0v) is 12.1. The topological polar surface area (TPSA) is 34.1 Å². The van der Waals surface area contributed by atoms with Gasteiger partial charge in [0.1, 0.15) is 11.6 Å². The summed E-state index contributed by atoms with van der Waals surface area (Å²) >= 11 is 0. The molecule has 0 unspecified atom stereocenters. The molecule has 3 rings (SSSR count). The van der Waals surface area contributed by atoms with Crippen LogP contribution >= 0.6 is 0 Å². The van der Waals surface area contributed by atoms with Crippen LogP contribution in [-0.4, -0.2) is 17.6 Å². The Morgan fingerprint density at radius 1 is 1.29 bits per heavy atom. The van der Waals surface area contributed by atoms with Gasteiger partial charge in [-0.1, -0.05) is 6.07 Å². The second kappa shape index (κ2) is 6.22. The Morgan fingerprint density at radius 2 is 2.14 bits per heavy atom. The van der Waals surface area contributed by atoms with Crippen molar-refractivity contribution < 1.29 is 9.13 Å². The van der Waals surface area contributed by atoms with Crippen LogP contribution in [0.3, 0.4) is 0 Å². The van der Waals surface area contributed by atoms with Crippen molar-refractivity contribution in [3.63, 3.8) is 0 Å².